The van der Waals surface area contributed by atoms with E-state index in [1.807, 2.05) is 0 Å². The number of benzene rings is 1. The van der Waals surface area contributed by atoms with E-state index in [4.69, 9.17) is 14.6 Å². The minimum absolute atomic E-state index is 0.121. The number of carboxylic acids is 1. The largest absolute Gasteiger partial charge is 0.478 e. The van der Waals surface area contributed by atoms with Crippen molar-refractivity contribution in [3.63, 3.8) is 0 Å². The van der Waals surface area contributed by atoms with Gasteiger partial charge in [-0.3, -0.25) is 0 Å². The van der Waals surface area contributed by atoms with Crippen LogP contribution in [-0.4, -0.2) is 42.1 Å². The predicted octanol–water partition coefficient (Wildman–Crippen LogP) is 2.51. The number of hydrogen-bond donors (Lipinski definition) is 3. The van der Waals surface area contributed by atoms with Gasteiger partial charge in [-0.15, -0.1) is 0 Å². The molecule has 0 aromatic heterocycles. The number of carbonyl (C=O) groups excluding carboxylic acids is 1. The maximum absolute atomic E-state index is 11.9. The number of carboxylic acid groups (broad SMARTS) is 1. The Hall–Kier alpha value is -2.12. The minimum Gasteiger partial charge on any atom is -0.478 e. The summed E-state index contributed by atoms with van der Waals surface area (Å²) >= 11 is 0. The third-order valence-electron chi connectivity index (χ3n) is 5.09. The molecule has 1 atom stereocenters. The van der Waals surface area contributed by atoms with E-state index in [9.17, 15) is 9.59 Å². The second kappa shape index (κ2) is 8.05. The molecule has 3 N–H and O–H groups in total. The summed E-state index contributed by atoms with van der Waals surface area (Å²) in [6, 6.07) is 6.13. The molecule has 1 unspecified atom stereocenters. The average Bonchev–Trinajstić information content (AvgIpc) is 3.04. The van der Waals surface area contributed by atoms with Crippen molar-refractivity contribution < 1.29 is 24.2 Å². The lowest BCUT2D eigenvalue weighted by Gasteiger charge is -2.34. The van der Waals surface area contributed by atoms with Crippen LogP contribution >= 0.6 is 0 Å². The van der Waals surface area contributed by atoms with Crippen molar-refractivity contribution in [2.75, 3.05) is 13.2 Å². The third-order valence-corrected chi connectivity index (χ3v) is 5.09. The fraction of sp³-hybridized carbons (Fsp3) is 0.579. The Morgan fingerprint density at radius 2 is 1.88 bits per heavy atom. The van der Waals surface area contributed by atoms with E-state index >= 15 is 0 Å². The summed E-state index contributed by atoms with van der Waals surface area (Å²) in [5.74, 6) is -0.687. The number of carbonyl (C=O) groups is 2. The van der Waals surface area contributed by atoms with Gasteiger partial charge in [0, 0.05) is 25.9 Å². The van der Waals surface area contributed by atoms with E-state index in [-0.39, 0.29) is 17.7 Å². The summed E-state index contributed by atoms with van der Waals surface area (Å²) in [5, 5.41) is 14.4. The van der Waals surface area contributed by atoms with Crippen LogP contribution in [0.4, 0.5) is 4.79 Å². The fourth-order valence-corrected chi connectivity index (χ4v) is 3.40. The van der Waals surface area contributed by atoms with Crippen LogP contribution in [0.1, 0.15) is 48.5 Å². The van der Waals surface area contributed by atoms with Gasteiger partial charge in [-0.05, 0) is 36.5 Å². The Kier molecular flexibility index (Phi) is 5.78. The van der Waals surface area contributed by atoms with Crippen molar-refractivity contribution >= 4 is 12.0 Å². The first-order valence-electron chi connectivity index (χ1n) is 9.11. The van der Waals surface area contributed by atoms with E-state index in [2.05, 4.69) is 17.6 Å². The summed E-state index contributed by atoms with van der Waals surface area (Å²) in [4.78, 5) is 22.8. The highest BCUT2D eigenvalue weighted by Gasteiger charge is 2.43. The molecule has 3 rings (SSSR count). The Morgan fingerprint density at radius 1 is 1.19 bits per heavy atom. The van der Waals surface area contributed by atoms with Gasteiger partial charge < -0.3 is 25.2 Å². The maximum Gasteiger partial charge on any atom is 0.335 e. The molecule has 7 heteroatoms. The minimum atomic E-state index is -0.966. The lowest BCUT2D eigenvalue weighted by Crippen LogP contribution is -2.41. The maximum atomic E-state index is 11.9. The molecular formula is C19H26N2O5. The smallest absolute Gasteiger partial charge is 0.335 e. The second-order valence-corrected chi connectivity index (χ2v) is 7.21. The Balaban J connectivity index is 1.37. The quantitative estimate of drug-likeness (QED) is 0.748. The first-order valence-corrected chi connectivity index (χ1v) is 9.11. The number of rotatable bonds is 5. The molecule has 26 heavy (non-hydrogen) atoms. The van der Waals surface area contributed by atoms with Crippen molar-refractivity contribution in [3.8, 4) is 0 Å². The van der Waals surface area contributed by atoms with E-state index in [1.165, 1.54) is 12.1 Å². The molecule has 1 aliphatic carbocycles. The zero-order chi connectivity index (χ0) is 18.6. The molecule has 0 bridgehead atoms. The molecule has 2 amide bonds. The second-order valence-electron chi connectivity index (χ2n) is 7.21. The molecule has 1 saturated carbocycles. The molecule has 2 aliphatic rings. The summed E-state index contributed by atoms with van der Waals surface area (Å²) in [6.07, 6.45) is 3.94. The summed E-state index contributed by atoms with van der Waals surface area (Å²) in [7, 11) is 0. The van der Waals surface area contributed by atoms with E-state index in [0.717, 1.165) is 37.2 Å². The van der Waals surface area contributed by atoms with Gasteiger partial charge >= 0.3 is 12.0 Å². The lowest BCUT2D eigenvalue weighted by atomic mass is 9.86. The molecule has 1 saturated heterocycles. The van der Waals surface area contributed by atoms with Crippen molar-refractivity contribution in [2.24, 2.45) is 5.92 Å². The predicted molar refractivity (Wildman–Crippen MR) is 94.8 cm³/mol. The van der Waals surface area contributed by atoms with Crippen LogP contribution in [-0.2, 0) is 16.0 Å². The summed E-state index contributed by atoms with van der Waals surface area (Å²) < 4.78 is 12.0. The van der Waals surface area contributed by atoms with Crippen molar-refractivity contribution in [3.05, 3.63) is 35.4 Å². The van der Waals surface area contributed by atoms with Gasteiger partial charge in [0.15, 0.2) is 5.79 Å². The highest BCUT2D eigenvalue weighted by molar-refractivity contribution is 5.87. The normalized spacial score (nSPS) is 28.0. The number of amides is 2. The molecule has 1 spiro atoms. The molecule has 1 aliphatic heterocycles. The fourth-order valence-electron chi connectivity index (χ4n) is 3.40. The molecule has 7 nitrogen and oxygen atoms in total. The number of nitrogens with one attached hydrogen (secondary N) is 2. The number of ether oxygens (including phenoxy) is 2. The molecule has 1 heterocycles. The van der Waals surface area contributed by atoms with Crippen LogP contribution in [0.15, 0.2) is 24.3 Å². The Bertz CT molecular complexity index is 638. The van der Waals surface area contributed by atoms with Crippen LogP contribution < -0.4 is 10.6 Å². The topological polar surface area (TPSA) is 96.9 Å². The zero-order valence-electron chi connectivity index (χ0n) is 15.0. The first kappa shape index (κ1) is 18.7. The van der Waals surface area contributed by atoms with Gasteiger partial charge in [-0.2, -0.15) is 0 Å². The standard InChI is InChI=1S/C19H26N2O5/c1-13-6-8-19(9-7-13)25-12-16(26-19)11-21-18(24)20-10-14-2-4-15(5-3-14)17(22)23/h2-5,13,16H,6-12H2,1H3,(H,22,23)(H2,20,21,24). The van der Waals surface area contributed by atoms with Gasteiger partial charge in [-0.25, -0.2) is 9.59 Å². The van der Waals surface area contributed by atoms with Gasteiger partial charge in [-0.1, -0.05) is 19.1 Å². The third kappa shape index (κ3) is 4.74. The average molecular weight is 362 g/mol. The van der Waals surface area contributed by atoms with Crippen LogP contribution in [0, 0.1) is 5.92 Å². The van der Waals surface area contributed by atoms with Crippen LogP contribution in [0.5, 0.6) is 0 Å². The highest BCUT2D eigenvalue weighted by atomic mass is 16.7. The monoisotopic (exact) mass is 362 g/mol. The summed E-state index contributed by atoms with van der Waals surface area (Å²) in [6.45, 7) is 3.49. The van der Waals surface area contributed by atoms with Gasteiger partial charge in [0.1, 0.15) is 6.10 Å². The summed E-state index contributed by atoms with van der Waals surface area (Å²) in [5.41, 5.74) is 1.06. The number of aromatic carboxylic acids is 1. The van der Waals surface area contributed by atoms with E-state index in [0.29, 0.717) is 19.7 Å². The van der Waals surface area contributed by atoms with Crippen LogP contribution in [0.25, 0.3) is 0 Å². The highest BCUT2D eigenvalue weighted by Crippen LogP contribution is 2.39. The molecular weight excluding hydrogens is 336 g/mol. The first-order chi connectivity index (χ1) is 12.5. The van der Waals surface area contributed by atoms with Crippen molar-refractivity contribution in [1.82, 2.24) is 10.6 Å². The molecule has 0 radical (unpaired) electrons. The van der Waals surface area contributed by atoms with Crippen LogP contribution in [0.3, 0.4) is 0 Å². The molecule has 142 valence electrons. The van der Waals surface area contributed by atoms with Gasteiger partial charge in [0.25, 0.3) is 0 Å². The number of urea groups is 1. The van der Waals surface area contributed by atoms with Gasteiger partial charge in [0.2, 0.25) is 0 Å². The number of hydrogen-bond acceptors (Lipinski definition) is 4. The molecule has 1 aromatic rings. The van der Waals surface area contributed by atoms with Gasteiger partial charge in [0.05, 0.1) is 12.2 Å². The van der Waals surface area contributed by atoms with E-state index < -0.39 is 11.8 Å². The SMILES string of the molecule is CC1CCC2(CC1)OCC(CNC(=O)NCc1ccc(C(=O)O)cc1)O2. The lowest BCUT2D eigenvalue weighted by molar-refractivity contribution is -0.191. The Labute approximate surface area is 153 Å². The Morgan fingerprint density at radius 3 is 2.54 bits per heavy atom. The van der Waals surface area contributed by atoms with Crippen molar-refractivity contribution in [1.29, 1.82) is 0 Å². The molecule has 1 aromatic carbocycles. The van der Waals surface area contributed by atoms with Crippen molar-refractivity contribution in [2.45, 2.75) is 51.0 Å². The zero-order valence-corrected chi connectivity index (χ0v) is 15.0. The van der Waals surface area contributed by atoms with E-state index in [1.54, 1.807) is 12.1 Å². The molecule has 2 fully saturated rings. The van der Waals surface area contributed by atoms with Crippen LogP contribution in [0.2, 0.25) is 0 Å².